The molecule has 0 heterocycles. The molecular weight excluding hydrogens is 188 g/mol. The smallest absolute Gasteiger partial charge is 0.0431 e. The van der Waals surface area contributed by atoms with Crippen molar-refractivity contribution in [2.75, 3.05) is 19.7 Å². The number of nitrogens with one attached hydrogen (secondary N) is 1. The second kappa shape index (κ2) is 5.28. The van der Waals surface area contributed by atoms with Crippen molar-refractivity contribution >= 4 is 0 Å². The summed E-state index contributed by atoms with van der Waals surface area (Å²) < 4.78 is 0. The highest BCUT2D eigenvalue weighted by Crippen LogP contribution is 2.45. The van der Waals surface area contributed by atoms with Crippen molar-refractivity contribution in [2.24, 2.45) is 11.1 Å². The number of hydrogen-bond donors (Lipinski definition) is 3. The van der Waals surface area contributed by atoms with Crippen molar-refractivity contribution in [3.8, 4) is 0 Å². The summed E-state index contributed by atoms with van der Waals surface area (Å²) in [5.74, 6) is 0. The van der Waals surface area contributed by atoms with Gasteiger partial charge in [0.15, 0.2) is 0 Å². The van der Waals surface area contributed by atoms with Crippen LogP contribution in [0.25, 0.3) is 0 Å². The quantitative estimate of drug-likeness (QED) is 0.583. The van der Waals surface area contributed by atoms with E-state index in [9.17, 15) is 0 Å². The summed E-state index contributed by atoms with van der Waals surface area (Å²) in [5, 5.41) is 12.4. The van der Waals surface area contributed by atoms with Crippen LogP contribution in [0.2, 0.25) is 0 Å². The average molecular weight is 214 g/mol. The van der Waals surface area contributed by atoms with E-state index in [1.807, 2.05) is 0 Å². The molecule has 15 heavy (non-hydrogen) atoms. The topological polar surface area (TPSA) is 58.3 Å². The van der Waals surface area contributed by atoms with Crippen LogP contribution in [-0.2, 0) is 0 Å². The Morgan fingerprint density at radius 1 is 1.27 bits per heavy atom. The van der Waals surface area contributed by atoms with E-state index in [-0.39, 0.29) is 5.54 Å². The molecule has 3 nitrogen and oxygen atoms in total. The van der Waals surface area contributed by atoms with E-state index in [0.717, 1.165) is 25.9 Å². The van der Waals surface area contributed by atoms with Crippen molar-refractivity contribution < 1.29 is 5.11 Å². The minimum Gasteiger partial charge on any atom is -0.396 e. The van der Waals surface area contributed by atoms with Gasteiger partial charge < -0.3 is 16.2 Å². The summed E-state index contributed by atoms with van der Waals surface area (Å²) in [5.41, 5.74) is 6.38. The molecule has 3 heteroatoms. The molecule has 0 amide bonds. The lowest BCUT2D eigenvalue weighted by Crippen LogP contribution is -2.58. The zero-order valence-electron chi connectivity index (χ0n) is 10.2. The Bertz CT molecular complexity index is 194. The third-order valence-electron chi connectivity index (χ3n) is 4.10. The molecule has 0 aliphatic heterocycles. The predicted molar refractivity (Wildman–Crippen MR) is 63.7 cm³/mol. The fourth-order valence-electron chi connectivity index (χ4n) is 2.75. The second-order valence-corrected chi connectivity index (χ2v) is 5.38. The zero-order valence-corrected chi connectivity index (χ0v) is 10.2. The Balaban J connectivity index is 2.46. The summed E-state index contributed by atoms with van der Waals surface area (Å²) in [6.45, 7) is 6.61. The maximum absolute atomic E-state index is 8.73. The molecule has 1 atom stereocenters. The van der Waals surface area contributed by atoms with Gasteiger partial charge in [-0.25, -0.2) is 0 Å². The molecule has 4 N–H and O–H groups in total. The van der Waals surface area contributed by atoms with Crippen LogP contribution in [-0.4, -0.2) is 30.3 Å². The molecule has 0 aromatic carbocycles. The monoisotopic (exact) mass is 214 g/mol. The van der Waals surface area contributed by atoms with Gasteiger partial charge in [-0.1, -0.05) is 20.3 Å². The van der Waals surface area contributed by atoms with E-state index in [1.165, 1.54) is 19.3 Å². The summed E-state index contributed by atoms with van der Waals surface area (Å²) >= 11 is 0. The molecule has 1 aliphatic rings. The van der Waals surface area contributed by atoms with Crippen molar-refractivity contribution in [1.29, 1.82) is 0 Å². The Hall–Kier alpha value is -0.120. The minimum atomic E-state index is 0.127. The first-order chi connectivity index (χ1) is 7.08. The Labute approximate surface area is 93.4 Å². The van der Waals surface area contributed by atoms with Gasteiger partial charge in [-0.2, -0.15) is 0 Å². The molecule has 1 saturated carbocycles. The molecule has 0 bridgehead atoms. The number of nitrogens with two attached hydrogens (primary N) is 1. The van der Waals surface area contributed by atoms with E-state index >= 15 is 0 Å². The number of unbranched alkanes of at least 4 members (excludes halogenated alkanes) is 1. The van der Waals surface area contributed by atoms with Crippen molar-refractivity contribution in [2.45, 2.75) is 51.5 Å². The first kappa shape index (κ1) is 12.9. The highest BCUT2D eigenvalue weighted by molar-refractivity contribution is 5.05. The third-order valence-corrected chi connectivity index (χ3v) is 4.10. The van der Waals surface area contributed by atoms with Crippen molar-refractivity contribution in [3.05, 3.63) is 0 Å². The fraction of sp³-hybridized carbons (Fsp3) is 1.00. The molecule has 0 aromatic heterocycles. The van der Waals surface area contributed by atoms with E-state index in [1.54, 1.807) is 0 Å². The van der Waals surface area contributed by atoms with Gasteiger partial charge in [-0.3, -0.25) is 0 Å². The summed E-state index contributed by atoms with van der Waals surface area (Å²) in [7, 11) is 0. The Morgan fingerprint density at radius 2 is 2.00 bits per heavy atom. The van der Waals surface area contributed by atoms with Crippen LogP contribution < -0.4 is 11.1 Å². The van der Waals surface area contributed by atoms with Gasteiger partial charge in [0.2, 0.25) is 0 Å². The van der Waals surface area contributed by atoms with Crippen LogP contribution in [0.5, 0.6) is 0 Å². The lowest BCUT2D eigenvalue weighted by molar-refractivity contribution is 0.162. The molecule has 0 aromatic rings. The molecule has 90 valence electrons. The van der Waals surface area contributed by atoms with Crippen LogP contribution >= 0.6 is 0 Å². The Morgan fingerprint density at radius 3 is 2.47 bits per heavy atom. The molecule has 0 saturated heterocycles. The molecule has 1 unspecified atom stereocenters. The molecule has 0 spiro atoms. The highest BCUT2D eigenvalue weighted by atomic mass is 16.2. The fourth-order valence-corrected chi connectivity index (χ4v) is 2.75. The zero-order chi connectivity index (χ0) is 11.4. The van der Waals surface area contributed by atoms with Gasteiger partial charge in [0.1, 0.15) is 0 Å². The van der Waals surface area contributed by atoms with Crippen LogP contribution in [0.1, 0.15) is 46.0 Å². The van der Waals surface area contributed by atoms with Gasteiger partial charge in [0, 0.05) is 18.7 Å². The SMILES string of the molecule is CC1(C)CCCC1(CN)NCCCCO. The standard InChI is InChI=1S/C12H26N2O/c1-11(2)6-5-7-12(11,10-13)14-8-3-4-9-15/h14-15H,3-10,13H2,1-2H3. The van der Waals surface area contributed by atoms with Crippen LogP contribution in [0, 0.1) is 5.41 Å². The number of aliphatic hydroxyl groups excluding tert-OH is 1. The van der Waals surface area contributed by atoms with Gasteiger partial charge >= 0.3 is 0 Å². The van der Waals surface area contributed by atoms with Crippen LogP contribution in [0.3, 0.4) is 0 Å². The maximum Gasteiger partial charge on any atom is 0.0431 e. The van der Waals surface area contributed by atoms with Gasteiger partial charge in [0.05, 0.1) is 0 Å². The number of hydrogen-bond acceptors (Lipinski definition) is 3. The van der Waals surface area contributed by atoms with Crippen molar-refractivity contribution in [3.63, 3.8) is 0 Å². The third kappa shape index (κ3) is 2.71. The summed E-state index contributed by atoms with van der Waals surface area (Å²) in [6.07, 6.45) is 5.65. The molecule has 1 fully saturated rings. The highest BCUT2D eigenvalue weighted by Gasteiger charge is 2.47. The van der Waals surface area contributed by atoms with Crippen LogP contribution in [0.4, 0.5) is 0 Å². The normalized spacial score (nSPS) is 29.6. The maximum atomic E-state index is 8.73. The van der Waals surface area contributed by atoms with Crippen LogP contribution in [0.15, 0.2) is 0 Å². The van der Waals surface area contributed by atoms with E-state index < -0.39 is 0 Å². The lowest BCUT2D eigenvalue weighted by atomic mass is 9.75. The summed E-state index contributed by atoms with van der Waals surface area (Å²) in [6, 6.07) is 0. The minimum absolute atomic E-state index is 0.127. The lowest BCUT2D eigenvalue weighted by Gasteiger charge is -2.42. The van der Waals surface area contributed by atoms with Gasteiger partial charge in [-0.15, -0.1) is 0 Å². The summed E-state index contributed by atoms with van der Waals surface area (Å²) in [4.78, 5) is 0. The first-order valence-electron chi connectivity index (χ1n) is 6.14. The average Bonchev–Trinajstić information content (AvgIpc) is 2.49. The van der Waals surface area contributed by atoms with Gasteiger partial charge in [0.25, 0.3) is 0 Å². The number of rotatable bonds is 6. The largest absolute Gasteiger partial charge is 0.396 e. The van der Waals surface area contributed by atoms with E-state index in [0.29, 0.717) is 12.0 Å². The van der Waals surface area contributed by atoms with Gasteiger partial charge in [-0.05, 0) is 37.6 Å². The molecule has 1 aliphatic carbocycles. The van der Waals surface area contributed by atoms with E-state index in [4.69, 9.17) is 10.8 Å². The predicted octanol–water partition coefficient (Wildman–Crippen LogP) is 1.26. The van der Waals surface area contributed by atoms with E-state index in [2.05, 4.69) is 19.2 Å². The molecule has 1 rings (SSSR count). The number of aliphatic hydroxyl groups is 1. The first-order valence-corrected chi connectivity index (χ1v) is 6.14. The molecular formula is C12H26N2O. The second-order valence-electron chi connectivity index (χ2n) is 5.38. The Kier molecular flexibility index (Phi) is 4.56. The molecule has 0 radical (unpaired) electrons. The van der Waals surface area contributed by atoms with Crippen molar-refractivity contribution in [1.82, 2.24) is 5.32 Å².